The largest absolute Gasteiger partial charge is 0.361 e. The fourth-order valence-corrected chi connectivity index (χ4v) is 3.19. The third-order valence-corrected chi connectivity index (χ3v) is 4.60. The molecule has 1 aliphatic rings. The lowest BCUT2D eigenvalue weighted by molar-refractivity contribution is -0.135. The van der Waals surface area contributed by atoms with E-state index < -0.39 is 0 Å². The fourth-order valence-electron chi connectivity index (χ4n) is 3.19. The minimum atomic E-state index is 0.0999. The molecule has 0 spiro atoms. The van der Waals surface area contributed by atoms with E-state index in [1.54, 1.807) is 0 Å². The number of hydrogen-bond acceptors (Lipinski definition) is 4. The summed E-state index contributed by atoms with van der Waals surface area (Å²) < 4.78 is 5.18. The zero-order valence-electron chi connectivity index (χ0n) is 14.0. The van der Waals surface area contributed by atoms with Crippen molar-refractivity contribution in [3.63, 3.8) is 0 Å². The molecule has 1 fully saturated rings. The maximum atomic E-state index is 12.9. The lowest BCUT2D eigenvalue weighted by atomic mass is 10.0. The molecule has 0 aliphatic carbocycles. The summed E-state index contributed by atoms with van der Waals surface area (Å²) >= 11 is 0. The molecule has 1 unspecified atom stereocenters. The van der Waals surface area contributed by atoms with Crippen molar-refractivity contribution in [1.82, 2.24) is 15.0 Å². The first kappa shape index (κ1) is 15.7. The second-order valence-corrected chi connectivity index (χ2v) is 6.26. The maximum absolute atomic E-state index is 12.9. The van der Waals surface area contributed by atoms with Gasteiger partial charge in [0.15, 0.2) is 0 Å². The molecular weight excluding hydrogens is 290 g/mol. The van der Waals surface area contributed by atoms with Crippen LogP contribution in [-0.2, 0) is 11.2 Å². The Labute approximate surface area is 136 Å². The van der Waals surface area contributed by atoms with Gasteiger partial charge in [0.05, 0.1) is 18.2 Å². The fraction of sp³-hybridized carbons (Fsp3) is 0.444. The highest BCUT2D eigenvalue weighted by Crippen LogP contribution is 2.26. The molecule has 0 N–H and O–H groups in total. The Balaban J connectivity index is 1.82. The Kier molecular flexibility index (Phi) is 4.48. The first-order chi connectivity index (χ1) is 11.1. The molecule has 2 heterocycles. The van der Waals surface area contributed by atoms with Crippen LogP contribution in [0.4, 0.5) is 0 Å². The topological polar surface area (TPSA) is 49.6 Å². The molecule has 122 valence electrons. The monoisotopic (exact) mass is 313 g/mol. The molecule has 1 saturated heterocycles. The predicted octanol–water partition coefficient (Wildman–Crippen LogP) is 2.35. The Bertz CT molecular complexity index is 661. The molecule has 0 saturated carbocycles. The number of benzene rings is 1. The van der Waals surface area contributed by atoms with Crippen LogP contribution in [0.15, 0.2) is 34.9 Å². The van der Waals surface area contributed by atoms with Crippen LogP contribution in [-0.4, -0.2) is 47.5 Å². The zero-order valence-corrected chi connectivity index (χ0v) is 14.0. The highest BCUT2D eigenvalue weighted by molar-refractivity contribution is 5.80. The number of nitrogens with zero attached hydrogens (tertiary/aromatic N) is 3. The number of likely N-dealkylation sites (N-methyl/N-ethyl adjacent to an activating group) is 1. The van der Waals surface area contributed by atoms with Gasteiger partial charge in [-0.25, -0.2) is 0 Å². The number of aryl methyl sites for hydroxylation is 2. The molecule has 1 aliphatic heterocycles. The highest BCUT2D eigenvalue weighted by Gasteiger charge is 2.30. The quantitative estimate of drug-likeness (QED) is 0.873. The second-order valence-electron chi connectivity index (χ2n) is 6.26. The molecule has 0 radical (unpaired) electrons. The minimum absolute atomic E-state index is 0.0999. The van der Waals surface area contributed by atoms with Crippen molar-refractivity contribution < 1.29 is 9.32 Å². The summed E-state index contributed by atoms with van der Waals surface area (Å²) in [5, 5.41) is 3.95. The van der Waals surface area contributed by atoms with Crippen molar-refractivity contribution in [2.75, 3.05) is 26.7 Å². The summed E-state index contributed by atoms with van der Waals surface area (Å²) in [5.74, 6) is 0.877. The lowest BCUT2D eigenvalue weighted by Gasteiger charge is -2.40. The molecule has 1 atom stereocenters. The van der Waals surface area contributed by atoms with Crippen LogP contribution in [0.2, 0.25) is 0 Å². The second kappa shape index (κ2) is 6.54. The number of hydrogen-bond donors (Lipinski definition) is 0. The maximum Gasteiger partial charge on any atom is 0.227 e. The number of piperazine rings is 1. The van der Waals surface area contributed by atoms with Gasteiger partial charge in [-0.3, -0.25) is 4.79 Å². The Morgan fingerprint density at radius 1 is 1.26 bits per heavy atom. The van der Waals surface area contributed by atoms with Gasteiger partial charge in [0.2, 0.25) is 5.91 Å². The van der Waals surface area contributed by atoms with Crippen molar-refractivity contribution in [3.8, 4) is 0 Å². The normalized spacial score (nSPS) is 19.1. The van der Waals surface area contributed by atoms with Crippen LogP contribution in [0.3, 0.4) is 0 Å². The number of carbonyl (C=O) groups excluding carboxylic acids is 1. The summed E-state index contributed by atoms with van der Waals surface area (Å²) in [6.07, 6.45) is 0.355. The third-order valence-electron chi connectivity index (χ3n) is 4.60. The number of aromatic nitrogens is 1. The third kappa shape index (κ3) is 3.29. The average Bonchev–Trinajstić information content (AvgIpc) is 2.87. The van der Waals surface area contributed by atoms with E-state index in [1.165, 1.54) is 5.56 Å². The number of rotatable bonds is 3. The Hall–Kier alpha value is -2.14. The highest BCUT2D eigenvalue weighted by atomic mass is 16.5. The van der Waals surface area contributed by atoms with Crippen molar-refractivity contribution in [3.05, 3.63) is 52.9 Å². The minimum Gasteiger partial charge on any atom is -0.361 e. The van der Waals surface area contributed by atoms with Gasteiger partial charge < -0.3 is 14.3 Å². The van der Waals surface area contributed by atoms with E-state index in [1.807, 2.05) is 36.9 Å². The summed E-state index contributed by atoms with van der Waals surface area (Å²) in [6.45, 7) is 6.26. The van der Waals surface area contributed by atoms with Crippen molar-refractivity contribution in [2.45, 2.75) is 26.3 Å². The van der Waals surface area contributed by atoms with Crippen LogP contribution in [0.25, 0.3) is 0 Å². The van der Waals surface area contributed by atoms with Gasteiger partial charge >= 0.3 is 0 Å². The summed E-state index contributed by atoms with van der Waals surface area (Å²) in [6, 6.07) is 10.4. The van der Waals surface area contributed by atoms with Gasteiger partial charge in [-0.15, -0.1) is 0 Å². The van der Waals surface area contributed by atoms with Crippen molar-refractivity contribution >= 4 is 5.91 Å². The van der Waals surface area contributed by atoms with Gasteiger partial charge in [-0.05, 0) is 26.5 Å². The first-order valence-electron chi connectivity index (χ1n) is 8.01. The van der Waals surface area contributed by atoms with Crippen LogP contribution >= 0.6 is 0 Å². The molecule has 5 heteroatoms. The van der Waals surface area contributed by atoms with Crippen LogP contribution in [0, 0.1) is 13.8 Å². The average molecular weight is 313 g/mol. The van der Waals surface area contributed by atoms with E-state index >= 15 is 0 Å². The van der Waals surface area contributed by atoms with Gasteiger partial charge in [-0.1, -0.05) is 35.5 Å². The molecule has 0 bridgehead atoms. The van der Waals surface area contributed by atoms with Gasteiger partial charge in [0.25, 0.3) is 0 Å². The molecule has 23 heavy (non-hydrogen) atoms. The molecule has 5 nitrogen and oxygen atoms in total. The van der Waals surface area contributed by atoms with Crippen molar-refractivity contribution in [2.24, 2.45) is 0 Å². The van der Waals surface area contributed by atoms with E-state index in [0.29, 0.717) is 6.42 Å². The van der Waals surface area contributed by atoms with Crippen molar-refractivity contribution in [1.29, 1.82) is 0 Å². The zero-order chi connectivity index (χ0) is 16.4. The van der Waals surface area contributed by atoms with Gasteiger partial charge in [-0.2, -0.15) is 0 Å². The molecule has 1 aromatic carbocycles. The van der Waals surface area contributed by atoms with E-state index in [9.17, 15) is 4.79 Å². The van der Waals surface area contributed by atoms with E-state index in [2.05, 4.69) is 29.2 Å². The van der Waals surface area contributed by atoms with Gasteiger partial charge in [0.1, 0.15) is 5.76 Å². The van der Waals surface area contributed by atoms with Crippen LogP contribution < -0.4 is 0 Å². The van der Waals surface area contributed by atoms with Gasteiger partial charge in [0, 0.05) is 25.2 Å². The summed E-state index contributed by atoms with van der Waals surface area (Å²) in [7, 11) is 2.10. The Morgan fingerprint density at radius 3 is 2.65 bits per heavy atom. The SMILES string of the molecule is Cc1noc(C)c1CC(=O)N1CCN(C)CC1c1ccccc1. The van der Waals surface area contributed by atoms with E-state index in [4.69, 9.17) is 4.52 Å². The lowest BCUT2D eigenvalue weighted by Crippen LogP contribution is -2.49. The number of carbonyl (C=O) groups is 1. The van der Waals surface area contributed by atoms with E-state index in [-0.39, 0.29) is 11.9 Å². The summed E-state index contributed by atoms with van der Waals surface area (Å²) in [4.78, 5) is 17.2. The first-order valence-corrected chi connectivity index (χ1v) is 8.01. The Morgan fingerprint density at radius 2 is 2.00 bits per heavy atom. The van der Waals surface area contributed by atoms with E-state index in [0.717, 1.165) is 36.7 Å². The van der Waals surface area contributed by atoms with Crippen LogP contribution in [0.1, 0.15) is 28.6 Å². The molecule has 1 aromatic heterocycles. The molecule has 2 aromatic rings. The predicted molar refractivity (Wildman–Crippen MR) is 88.1 cm³/mol. The molecule has 3 rings (SSSR count). The summed E-state index contributed by atoms with van der Waals surface area (Å²) in [5.41, 5.74) is 2.91. The standard InChI is InChI=1S/C18H23N3O2/c1-13-16(14(2)23-19-13)11-18(22)21-10-9-20(3)12-17(21)15-7-5-4-6-8-15/h4-8,17H,9-12H2,1-3H3. The number of amides is 1. The molecule has 1 amide bonds. The smallest absolute Gasteiger partial charge is 0.227 e. The molecular formula is C18H23N3O2. The van der Waals surface area contributed by atoms with Crippen LogP contribution in [0.5, 0.6) is 0 Å².